The lowest BCUT2D eigenvalue weighted by Crippen LogP contribution is -2.42. The van der Waals surface area contributed by atoms with E-state index < -0.39 is 45.0 Å². The Kier molecular flexibility index (Phi) is 7.96. The van der Waals surface area contributed by atoms with Gasteiger partial charge in [-0.2, -0.15) is 21.6 Å². The molecule has 13 heteroatoms. The van der Waals surface area contributed by atoms with Gasteiger partial charge < -0.3 is 18.4 Å². The Balaban J connectivity index is 1.95. The van der Waals surface area contributed by atoms with Gasteiger partial charge in [0.15, 0.2) is 17.3 Å². The van der Waals surface area contributed by atoms with Crippen LogP contribution in [0.5, 0.6) is 11.5 Å². The number of methoxy groups -OCH3 is 1. The van der Waals surface area contributed by atoms with E-state index in [1.165, 1.54) is 48.4 Å². The molecular weight excluding hydrogens is 522 g/mol. The van der Waals surface area contributed by atoms with E-state index in [-0.39, 0.29) is 30.2 Å². The highest BCUT2D eigenvalue weighted by atomic mass is 32.2. The number of nitrogens with zero attached hydrogens (tertiary/aromatic N) is 1. The molecule has 1 unspecified atom stereocenters. The van der Waals surface area contributed by atoms with Gasteiger partial charge in [0.25, 0.3) is 0 Å². The van der Waals surface area contributed by atoms with E-state index in [0.717, 1.165) is 12.1 Å². The summed E-state index contributed by atoms with van der Waals surface area (Å²) in [5.74, 6) is -1.22. The van der Waals surface area contributed by atoms with Crippen molar-refractivity contribution in [3.63, 3.8) is 0 Å². The van der Waals surface area contributed by atoms with Gasteiger partial charge in [0.2, 0.25) is 0 Å². The van der Waals surface area contributed by atoms with Crippen molar-refractivity contribution in [3.8, 4) is 11.5 Å². The minimum Gasteiger partial charge on any atom is -0.494 e. The van der Waals surface area contributed by atoms with Crippen molar-refractivity contribution in [3.05, 3.63) is 65.5 Å². The minimum absolute atomic E-state index is 0.0151. The van der Waals surface area contributed by atoms with Gasteiger partial charge >= 0.3 is 21.7 Å². The van der Waals surface area contributed by atoms with Crippen molar-refractivity contribution in [2.75, 3.05) is 13.7 Å². The van der Waals surface area contributed by atoms with E-state index in [2.05, 4.69) is 4.18 Å². The second kappa shape index (κ2) is 10.5. The molecule has 0 radical (unpaired) electrons. The number of carbonyl (C=O) groups excluding carboxylic acids is 1. The summed E-state index contributed by atoms with van der Waals surface area (Å²) in [6.07, 6.45) is -0.881. The van der Waals surface area contributed by atoms with E-state index >= 15 is 0 Å². The van der Waals surface area contributed by atoms with Crippen LogP contribution in [0.4, 0.5) is 22.4 Å². The third-order valence-corrected chi connectivity index (χ3v) is 5.86. The third kappa shape index (κ3) is 7.06. The monoisotopic (exact) mass is 547 g/mol. The average molecular weight is 548 g/mol. The fraction of sp³-hybridized carbons (Fsp3) is 0.375. The lowest BCUT2D eigenvalue weighted by atomic mass is 10.1. The molecule has 2 aromatic rings. The highest BCUT2D eigenvalue weighted by molar-refractivity contribution is 7.87. The summed E-state index contributed by atoms with van der Waals surface area (Å²) < 4.78 is 96.9. The number of hydrogen-bond donors (Lipinski definition) is 0. The molecule has 0 saturated carbocycles. The maximum Gasteiger partial charge on any atom is 0.534 e. The first kappa shape index (κ1) is 28.1. The topological polar surface area (TPSA) is 91.4 Å². The van der Waals surface area contributed by atoms with Crippen molar-refractivity contribution in [2.24, 2.45) is 0 Å². The molecule has 0 fully saturated rings. The highest BCUT2D eigenvalue weighted by Gasteiger charge is 2.49. The van der Waals surface area contributed by atoms with Crippen LogP contribution in [0.25, 0.3) is 5.76 Å². The molecule has 3 rings (SSSR count). The van der Waals surface area contributed by atoms with Crippen LogP contribution >= 0.6 is 0 Å². The number of ether oxygens (including phenoxy) is 3. The Labute approximate surface area is 211 Å². The molecule has 1 aliphatic rings. The zero-order valence-electron chi connectivity index (χ0n) is 20.3. The first-order valence-corrected chi connectivity index (χ1v) is 12.3. The summed E-state index contributed by atoms with van der Waals surface area (Å²) >= 11 is 0. The van der Waals surface area contributed by atoms with Crippen LogP contribution in [0.15, 0.2) is 48.5 Å². The van der Waals surface area contributed by atoms with Gasteiger partial charge in [-0.1, -0.05) is 18.2 Å². The van der Waals surface area contributed by atoms with Crippen LogP contribution in [-0.4, -0.2) is 50.3 Å². The summed E-state index contributed by atoms with van der Waals surface area (Å²) in [7, 11) is -4.69. The standard InChI is InChI=1S/C24H25F4NO7S/c1-23(2,3)35-22(30)29(13-15-9-10-18(25)21(11-15)33-4)14-16-12-20(36-37(31,32)24(26,27)28)17-7-5-6-8-19(17)34-16/h5-12,16H,13-14H2,1-4H3. The molecule has 1 heterocycles. The maximum atomic E-state index is 13.9. The molecule has 0 aromatic heterocycles. The van der Waals surface area contributed by atoms with E-state index in [1.807, 2.05) is 0 Å². The number of halogens is 4. The second-order valence-electron chi connectivity index (χ2n) is 9.00. The van der Waals surface area contributed by atoms with Crippen molar-refractivity contribution >= 4 is 22.0 Å². The maximum absolute atomic E-state index is 13.9. The van der Waals surface area contributed by atoms with Gasteiger partial charge in [0.05, 0.1) is 19.2 Å². The van der Waals surface area contributed by atoms with Crippen LogP contribution < -0.4 is 9.47 Å². The summed E-state index contributed by atoms with van der Waals surface area (Å²) in [6.45, 7) is 4.54. The third-order valence-electron chi connectivity index (χ3n) is 4.89. The Bertz CT molecular complexity index is 1290. The Morgan fingerprint density at radius 2 is 1.78 bits per heavy atom. The normalized spacial score (nSPS) is 15.7. The SMILES string of the molecule is COc1cc(CN(CC2C=C(OS(=O)(=O)C(F)(F)F)c3ccccc3O2)C(=O)OC(C)(C)C)ccc1F. The molecule has 0 spiro atoms. The van der Waals surface area contributed by atoms with E-state index in [9.17, 15) is 30.8 Å². The predicted molar refractivity (Wildman–Crippen MR) is 124 cm³/mol. The lowest BCUT2D eigenvalue weighted by Gasteiger charge is -2.32. The van der Waals surface area contributed by atoms with Gasteiger partial charge in [-0.25, -0.2) is 9.18 Å². The first-order valence-electron chi connectivity index (χ1n) is 10.9. The van der Waals surface area contributed by atoms with Crippen molar-refractivity contribution in [2.45, 2.75) is 44.5 Å². The van der Waals surface area contributed by atoms with E-state index in [4.69, 9.17) is 14.2 Å². The molecule has 1 aliphatic heterocycles. The molecule has 0 saturated heterocycles. The highest BCUT2D eigenvalue weighted by Crippen LogP contribution is 2.37. The Morgan fingerprint density at radius 3 is 2.41 bits per heavy atom. The fourth-order valence-electron chi connectivity index (χ4n) is 3.33. The number of fused-ring (bicyclic) bond motifs is 1. The van der Waals surface area contributed by atoms with Crippen molar-refractivity contribution < 1.29 is 49.2 Å². The Morgan fingerprint density at radius 1 is 1.11 bits per heavy atom. The van der Waals surface area contributed by atoms with Gasteiger partial charge in [-0.15, -0.1) is 0 Å². The zero-order chi connectivity index (χ0) is 27.6. The van der Waals surface area contributed by atoms with Gasteiger partial charge in [0.1, 0.15) is 17.5 Å². The van der Waals surface area contributed by atoms with Gasteiger partial charge in [-0.05, 0) is 50.6 Å². The van der Waals surface area contributed by atoms with Gasteiger partial charge in [0, 0.05) is 12.6 Å². The lowest BCUT2D eigenvalue weighted by molar-refractivity contribution is -0.0510. The van der Waals surface area contributed by atoms with Crippen LogP contribution in [0.2, 0.25) is 0 Å². The number of para-hydroxylation sites is 1. The van der Waals surface area contributed by atoms with Crippen molar-refractivity contribution in [1.82, 2.24) is 4.90 Å². The first-order chi connectivity index (χ1) is 17.1. The minimum atomic E-state index is -5.97. The molecule has 0 N–H and O–H groups in total. The number of benzene rings is 2. The summed E-state index contributed by atoms with van der Waals surface area (Å²) in [5, 5.41) is 0. The molecule has 0 aliphatic carbocycles. The predicted octanol–water partition coefficient (Wildman–Crippen LogP) is 5.24. The smallest absolute Gasteiger partial charge is 0.494 e. The van der Waals surface area contributed by atoms with E-state index in [1.54, 1.807) is 20.8 Å². The molecule has 8 nitrogen and oxygen atoms in total. The van der Waals surface area contributed by atoms with Crippen LogP contribution in [0.3, 0.4) is 0 Å². The average Bonchev–Trinajstić information content (AvgIpc) is 2.77. The van der Waals surface area contributed by atoms with Crippen LogP contribution in [0, 0.1) is 5.82 Å². The zero-order valence-corrected chi connectivity index (χ0v) is 21.2. The fourth-order valence-corrected chi connectivity index (χ4v) is 3.80. The molecular formula is C24H25F4NO7S. The van der Waals surface area contributed by atoms with Gasteiger partial charge in [-0.3, -0.25) is 4.90 Å². The largest absolute Gasteiger partial charge is 0.534 e. The summed E-state index contributed by atoms with van der Waals surface area (Å²) in [4.78, 5) is 14.2. The molecule has 202 valence electrons. The molecule has 0 bridgehead atoms. The van der Waals surface area contributed by atoms with Crippen molar-refractivity contribution in [1.29, 1.82) is 0 Å². The quantitative estimate of drug-likeness (QED) is 0.266. The second-order valence-corrected chi connectivity index (χ2v) is 10.5. The Hall–Kier alpha value is -3.48. The number of amides is 1. The molecule has 2 aromatic carbocycles. The molecule has 1 atom stereocenters. The van der Waals surface area contributed by atoms with Crippen LogP contribution in [0.1, 0.15) is 31.9 Å². The number of carbonyl (C=O) groups is 1. The summed E-state index contributed by atoms with van der Waals surface area (Å²) in [6, 6.07) is 9.71. The summed E-state index contributed by atoms with van der Waals surface area (Å²) in [5.41, 5.74) is -6.10. The van der Waals surface area contributed by atoms with E-state index in [0.29, 0.717) is 5.56 Å². The molecule has 1 amide bonds. The number of rotatable bonds is 7. The van der Waals surface area contributed by atoms with Crippen LogP contribution in [-0.2, 0) is 25.6 Å². The number of alkyl halides is 3. The number of hydrogen-bond acceptors (Lipinski definition) is 7. The molecule has 37 heavy (non-hydrogen) atoms.